The van der Waals surface area contributed by atoms with Gasteiger partial charge < -0.3 is 16.0 Å². The number of fused-ring (bicyclic) bond motifs is 1. The van der Waals surface area contributed by atoms with Crippen LogP contribution in [0.15, 0.2) is 66.7 Å². The highest BCUT2D eigenvalue weighted by Crippen LogP contribution is 2.19. The highest BCUT2D eigenvalue weighted by atomic mass is 16.2. The lowest BCUT2D eigenvalue weighted by molar-refractivity contribution is -0.123. The summed E-state index contributed by atoms with van der Waals surface area (Å²) in [4.78, 5) is 35.7. The molecule has 3 rings (SSSR count). The number of carbonyl (C=O) groups is 3. The summed E-state index contributed by atoms with van der Waals surface area (Å²) >= 11 is 0. The second kappa shape index (κ2) is 9.50. The van der Waals surface area contributed by atoms with E-state index in [1.165, 1.54) is 0 Å². The van der Waals surface area contributed by atoms with Crippen molar-refractivity contribution in [3.63, 3.8) is 0 Å². The molecular formula is C23H23N3O3. The van der Waals surface area contributed by atoms with Gasteiger partial charge in [0.2, 0.25) is 17.7 Å². The van der Waals surface area contributed by atoms with Crippen molar-refractivity contribution in [1.29, 1.82) is 0 Å². The van der Waals surface area contributed by atoms with Crippen LogP contribution in [0.1, 0.15) is 18.9 Å². The van der Waals surface area contributed by atoms with Crippen LogP contribution in [0, 0.1) is 0 Å². The standard InChI is InChI=1S/C23H23N3O3/c1-2-21(27)25-18-10-12-19(13-11-18)26-23(29)15-24-22(28)14-17-8-5-7-16-6-3-4-9-20(16)17/h3-13H,2,14-15H2,1H3,(H,24,28)(H,25,27)(H,26,29). The molecule has 0 aliphatic rings. The summed E-state index contributed by atoms with van der Waals surface area (Å²) < 4.78 is 0. The molecule has 3 aromatic carbocycles. The van der Waals surface area contributed by atoms with Gasteiger partial charge in [0.05, 0.1) is 13.0 Å². The zero-order valence-corrected chi connectivity index (χ0v) is 16.2. The molecule has 6 nitrogen and oxygen atoms in total. The monoisotopic (exact) mass is 389 g/mol. The molecule has 148 valence electrons. The number of rotatable bonds is 7. The van der Waals surface area contributed by atoms with E-state index in [2.05, 4.69) is 16.0 Å². The average Bonchev–Trinajstić information content (AvgIpc) is 2.74. The zero-order valence-electron chi connectivity index (χ0n) is 16.2. The van der Waals surface area contributed by atoms with E-state index in [4.69, 9.17) is 0 Å². The maximum atomic E-state index is 12.3. The Kier molecular flexibility index (Phi) is 6.58. The smallest absolute Gasteiger partial charge is 0.243 e. The van der Waals surface area contributed by atoms with Gasteiger partial charge in [-0.25, -0.2) is 0 Å². The lowest BCUT2D eigenvalue weighted by Gasteiger charge is -2.09. The summed E-state index contributed by atoms with van der Waals surface area (Å²) in [6.07, 6.45) is 0.609. The SMILES string of the molecule is CCC(=O)Nc1ccc(NC(=O)CNC(=O)Cc2cccc3ccccc23)cc1. The summed E-state index contributed by atoms with van der Waals surface area (Å²) in [6.45, 7) is 1.66. The molecule has 0 atom stereocenters. The van der Waals surface area contributed by atoms with Crippen LogP contribution in [-0.4, -0.2) is 24.3 Å². The fourth-order valence-electron chi connectivity index (χ4n) is 2.95. The van der Waals surface area contributed by atoms with Gasteiger partial charge in [0.25, 0.3) is 0 Å². The number of benzene rings is 3. The van der Waals surface area contributed by atoms with Crippen LogP contribution in [0.3, 0.4) is 0 Å². The predicted molar refractivity (Wildman–Crippen MR) is 115 cm³/mol. The van der Waals surface area contributed by atoms with Gasteiger partial charge >= 0.3 is 0 Å². The van der Waals surface area contributed by atoms with E-state index >= 15 is 0 Å². The Morgan fingerprint density at radius 1 is 0.724 bits per heavy atom. The van der Waals surface area contributed by atoms with E-state index in [9.17, 15) is 14.4 Å². The highest BCUT2D eigenvalue weighted by molar-refractivity contribution is 5.96. The topological polar surface area (TPSA) is 87.3 Å². The summed E-state index contributed by atoms with van der Waals surface area (Å²) in [5.41, 5.74) is 2.18. The molecule has 0 heterocycles. The van der Waals surface area contributed by atoms with E-state index < -0.39 is 0 Å². The summed E-state index contributed by atoms with van der Waals surface area (Å²) in [5, 5.41) is 10.2. The van der Waals surface area contributed by atoms with E-state index in [1.807, 2.05) is 42.5 Å². The number of nitrogens with one attached hydrogen (secondary N) is 3. The number of hydrogen-bond acceptors (Lipinski definition) is 3. The summed E-state index contributed by atoms with van der Waals surface area (Å²) in [5.74, 6) is -0.605. The fraction of sp³-hybridized carbons (Fsp3) is 0.174. The predicted octanol–water partition coefficient (Wildman–Crippen LogP) is 3.49. The third-order valence-electron chi connectivity index (χ3n) is 4.45. The molecule has 29 heavy (non-hydrogen) atoms. The molecule has 0 spiro atoms. The third kappa shape index (κ3) is 5.65. The van der Waals surface area contributed by atoms with Gasteiger partial charge in [0, 0.05) is 17.8 Å². The molecule has 0 aliphatic heterocycles. The minimum Gasteiger partial charge on any atom is -0.347 e. The average molecular weight is 389 g/mol. The van der Waals surface area contributed by atoms with Crippen LogP contribution in [-0.2, 0) is 20.8 Å². The van der Waals surface area contributed by atoms with E-state index in [1.54, 1.807) is 31.2 Å². The van der Waals surface area contributed by atoms with Gasteiger partial charge in [-0.1, -0.05) is 49.4 Å². The van der Waals surface area contributed by atoms with Crippen molar-refractivity contribution in [2.75, 3.05) is 17.2 Å². The van der Waals surface area contributed by atoms with Gasteiger partial charge in [-0.2, -0.15) is 0 Å². The van der Waals surface area contributed by atoms with Crippen LogP contribution in [0.4, 0.5) is 11.4 Å². The molecule has 0 bridgehead atoms. The van der Waals surface area contributed by atoms with E-state index in [0.717, 1.165) is 16.3 Å². The van der Waals surface area contributed by atoms with Crippen molar-refractivity contribution in [2.45, 2.75) is 19.8 Å². The number of amides is 3. The maximum Gasteiger partial charge on any atom is 0.243 e. The zero-order chi connectivity index (χ0) is 20.6. The normalized spacial score (nSPS) is 10.4. The molecule has 3 N–H and O–H groups in total. The minimum absolute atomic E-state index is 0.0734. The fourth-order valence-corrected chi connectivity index (χ4v) is 2.95. The van der Waals surface area contributed by atoms with Gasteiger partial charge in [-0.05, 0) is 40.6 Å². The lowest BCUT2D eigenvalue weighted by Crippen LogP contribution is -2.33. The van der Waals surface area contributed by atoms with Crippen molar-refractivity contribution in [2.24, 2.45) is 0 Å². The van der Waals surface area contributed by atoms with Crippen molar-refractivity contribution in [3.05, 3.63) is 72.3 Å². The van der Waals surface area contributed by atoms with Crippen molar-refractivity contribution >= 4 is 39.9 Å². The van der Waals surface area contributed by atoms with Crippen molar-refractivity contribution < 1.29 is 14.4 Å². The third-order valence-corrected chi connectivity index (χ3v) is 4.45. The molecule has 6 heteroatoms. The molecule has 3 amide bonds. The van der Waals surface area contributed by atoms with E-state index in [-0.39, 0.29) is 30.7 Å². The molecule has 0 saturated heterocycles. The number of hydrogen-bond donors (Lipinski definition) is 3. The Bertz CT molecular complexity index is 1020. The van der Waals surface area contributed by atoms with Crippen LogP contribution in [0.2, 0.25) is 0 Å². The van der Waals surface area contributed by atoms with Gasteiger partial charge in [-0.15, -0.1) is 0 Å². The first kappa shape index (κ1) is 20.1. The summed E-state index contributed by atoms with van der Waals surface area (Å²) in [7, 11) is 0. The molecule has 3 aromatic rings. The lowest BCUT2D eigenvalue weighted by atomic mass is 10.0. The van der Waals surface area contributed by atoms with Crippen LogP contribution < -0.4 is 16.0 Å². The molecule has 0 saturated carbocycles. The quantitative estimate of drug-likeness (QED) is 0.578. The first-order chi connectivity index (χ1) is 14.0. The Morgan fingerprint density at radius 2 is 1.34 bits per heavy atom. The Hall–Kier alpha value is -3.67. The first-order valence-corrected chi connectivity index (χ1v) is 9.48. The molecule has 0 unspecified atom stereocenters. The number of carbonyl (C=O) groups excluding carboxylic acids is 3. The van der Waals surface area contributed by atoms with Crippen molar-refractivity contribution in [1.82, 2.24) is 5.32 Å². The van der Waals surface area contributed by atoms with Crippen LogP contribution in [0.25, 0.3) is 10.8 Å². The van der Waals surface area contributed by atoms with Gasteiger partial charge in [0.1, 0.15) is 0 Å². The van der Waals surface area contributed by atoms with Crippen LogP contribution in [0.5, 0.6) is 0 Å². The maximum absolute atomic E-state index is 12.3. The molecule has 0 aromatic heterocycles. The molecule has 0 aliphatic carbocycles. The van der Waals surface area contributed by atoms with Gasteiger partial charge in [-0.3, -0.25) is 14.4 Å². The molecular weight excluding hydrogens is 366 g/mol. The Balaban J connectivity index is 1.50. The highest BCUT2D eigenvalue weighted by Gasteiger charge is 2.09. The van der Waals surface area contributed by atoms with Gasteiger partial charge in [0.15, 0.2) is 0 Å². The van der Waals surface area contributed by atoms with Crippen molar-refractivity contribution in [3.8, 4) is 0 Å². The second-order valence-electron chi connectivity index (χ2n) is 6.62. The largest absolute Gasteiger partial charge is 0.347 e. The summed E-state index contributed by atoms with van der Waals surface area (Å²) in [6, 6.07) is 20.5. The first-order valence-electron chi connectivity index (χ1n) is 9.48. The molecule has 0 fully saturated rings. The Morgan fingerprint density at radius 3 is 2.03 bits per heavy atom. The Labute approximate surface area is 169 Å². The second-order valence-corrected chi connectivity index (χ2v) is 6.62. The van der Waals surface area contributed by atoms with E-state index in [0.29, 0.717) is 17.8 Å². The number of anilines is 2. The van der Waals surface area contributed by atoms with Crippen LogP contribution >= 0.6 is 0 Å². The minimum atomic E-state index is -0.318. The molecule has 0 radical (unpaired) electrons.